The molecule has 0 amide bonds. The van der Waals surface area contributed by atoms with E-state index in [1.54, 1.807) is 16.7 Å². The van der Waals surface area contributed by atoms with Crippen molar-refractivity contribution in [2.24, 2.45) is 0 Å². The van der Waals surface area contributed by atoms with Gasteiger partial charge in [0.25, 0.3) is 5.56 Å². The molecule has 0 atom stereocenters. The molecular formula is C19H18F2N2OS. The third kappa shape index (κ3) is 3.90. The molecule has 0 fully saturated rings. The Hall–Kier alpha value is -2.21. The fourth-order valence-electron chi connectivity index (χ4n) is 2.55. The minimum absolute atomic E-state index is 0.0823. The van der Waals surface area contributed by atoms with Crippen molar-refractivity contribution in [2.45, 2.75) is 37.2 Å². The van der Waals surface area contributed by atoms with E-state index < -0.39 is 11.6 Å². The summed E-state index contributed by atoms with van der Waals surface area (Å²) >= 11 is 1.29. The van der Waals surface area contributed by atoms with Gasteiger partial charge in [-0.2, -0.15) is 0 Å². The molecule has 6 heteroatoms. The largest absolute Gasteiger partial charge is 0.287 e. The van der Waals surface area contributed by atoms with Crippen LogP contribution in [0.3, 0.4) is 0 Å². The second-order valence-electron chi connectivity index (χ2n) is 5.75. The average Bonchev–Trinajstić information content (AvgIpc) is 2.60. The molecule has 1 heterocycles. The predicted molar refractivity (Wildman–Crippen MR) is 96.8 cm³/mol. The number of nitrogens with zero attached hydrogens (tertiary/aromatic N) is 2. The van der Waals surface area contributed by atoms with Gasteiger partial charge < -0.3 is 0 Å². The third-order valence-corrected chi connectivity index (χ3v) is 4.96. The lowest BCUT2D eigenvalue weighted by molar-refractivity contribution is 0.557. The molecule has 25 heavy (non-hydrogen) atoms. The van der Waals surface area contributed by atoms with E-state index in [-0.39, 0.29) is 11.3 Å². The summed E-state index contributed by atoms with van der Waals surface area (Å²) in [5.41, 5.74) is 0.930. The van der Waals surface area contributed by atoms with Crippen LogP contribution in [0.2, 0.25) is 0 Å². The fourth-order valence-corrected chi connectivity index (χ4v) is 3.56. The first-order chi connectivity index (χ1) is 12.1. The minimum Gasteiger partial charge on any atom is -0.287 e. The lowest BCUT2D eigenvalue weighted by Gasteiger charge is -2.13. The van der Waals surface area contributed by atoms with Crippen molar-refractivity contribution in [2.75, 3.05) is 0 Å². The summed E-state index contributed by atoms with van der Waals surface area (Å²) in [6, 6.07) is 10.7. The molecule has 3 aromatic rings. The van der Waals surface area contributed by atoms with E-state index in [1.807, 2.05) is 12.1 Å². The smallest absolute Gasteiger partial charge is 0.262 e. The molecule has 1 aromatic heterocycles. The quantitative estimate of drug-likeness (QED) is 0.469. The van der Waals surface area contributed by atoms with E-state index in [4.69, 9.17) is 0 Å². The van der Waals surface area contributed by atoms with E-state index in [0.29, 0.717) is 28.2 Å². The van der Waals surface area contributed by atoms with Crippen molar-refractivity contribution < 1.29 is 8.78 Å². The van der Waals surface area contributed by atoms with Crippen LogP contribution in [0.25, 0.3) is 10.9 Å². The van der Waals surface area contributed by atoms with Gasteiger partial charge in [-0.05, 0) is 30.2 Å². The summed E-state index contributed by atoms with van der Waals surface area (Å²) in [4.78, 5) is 17.3. The molecule has 2 aromatic carbocycles. The number of unbranched alkanes of at least 4 members (excludes halogenated alkanes) is 1. The van der Waals surface area contributed by atoms with Crippen LogP contribution in [0, 0.1) is 11.6 Å². The van der Waals surface area contributed by atoms with Crippen LogP contribution in [-0.2, 0) is 12.3 Å². The van der Waals surface area contributed by atoms with Crippen LogP contribution < -0.4 is 5.56 Å². The van der Waals surface area contributed by atoms with E-state index in [0.717, 1.165) is 18.9 Å². The molecule has 0 radical (unpaired) electrons. The van der Waals surface area contributed by atoms with Crippen molar-refractivity contribution in [1.82, 2.24) is 9.55 Å². The van der Waals surface area contributed by atoms with Crippen LogP contribution >= 0.6 is 11.8 Å². The van der Waals surface area contributed by atoms with Gasteiger partial charge in [-0.15, -0.1) is 0 Å². The maximum atomic E-state index is 13.8. The summed E-state index contributed by atoms with van der Waals surface area (Å²) in [7, 11) is 0. The number of halogens is 2. The predicted octanol–water partition coefficient (Wildman–Crippen LogP) is 4.77. The highest BCUT2D eigenvalue weighted by Crippen LogP contribution is 2.24. The second kappa shape index (κ2) is 7.78. The SMILES string of the molecule is CCCCn1c(SCc2ccc(F)cc2F)nc2ccccc2c1=O. The minimum atomic E-state index is -0.602. The highest BCUT2D eigenvalue weighted by Gasteiger charge is 2.12. The molecule has 0 saturated heterocycles. The molecule has 0 saturated carbocycles. The van der Waals surface area contributed by atoms with E-state index in [2.05, 4.69) is 11.9 Å². The zero-order chi connectivity index (χ0) is 17.8. The van der Waals surface area contributed by atoms with Crippen molar-refractivity contribution in [1.29, 1.82) is 0 Å². The molecule has 0 bridgehead atoms. The van der Waals surface area contributed by atoms with Crippen molar-refractivity contribution >= 4 is 22.7 Å². The Morgan fingerprint density at radius 2 is 1.96 bits per heavy atom. The Bertz CT molecular complexity index is 956. The Morgan fingerprint density at radius 3 is 2.72 bits per heavy atom. The third-order valence-electron chi connectivity index (χ3n) is 3.93. The summed E-state index contributed by atoms with van der Waals surface area (Å²) in [6.07, 6.45) is 1.81. The average molecular weight is 360 g/mol. The lowest BCUT2D eigenvalue weighted by Crippen LogP contribution is -2.23. The molecule has 0 aliphatic heterocycles. The Balaban J connectivity index is 1.97. The zero-order valence-corrected chi connectivity index (χ0v) is 14.7. The molecule has 3 rings (SSSR count). The van der Waals surface area contributed by atoms with Gasteiger partial charge in [-0.1, -0.05) is 43.3 Å². The van der Waals surface area contributed by atoms with Gasteiger partial charge in [0.1, 0.15) is 11.6 Å². The number of aromatic nitrogens is 2. The monoisotopic (exact) mass is 360 g/mol. The molecule has 0 N–H and O–H groups in total. The highest BCUT2D eigenvalue weighted by atomic mass is 32.2. The van der Waals surface area contributed by atoms with E-state index in [9.17, 15) is 13.6 Å². The lowest BCUT2D eigenvalue weighted by atomic mass is 10.2. The zero-order valence-electron chi connectivity index (χ0n) is 13.8. The number of hydrogen-bond acceptors (Lipinski definition) is 3. The summed E-state index contributed by atoms with van der Waals surface area (Å²) in [5, 5.41) is 1.14. The Morgan fingerprint density at radius 1 is 1.16 bits per heavy atom. The van der Waals surface area contributed by atoms with Crippen LogP contribution in [0.15, 0.2) is 52.4 Å². The molecule has 0 aliphatic carbocycles. The van der Waals surface area contributed by atoms with E-state index >= 15 is 0 Å². The first-order valence-corrected chi connectivity index (χ1v) is 9.15. The first kappa shape index (κ1) is 17.6. The summed E-state index contributed by atoms with van der Waals surface area (Å²) < 4.78 is 28.5. The normalized spacial score (nSPS) is 11.2. The van der Waals surface area contributed by atoms with Gasteiger partial charge in [0.15, 0.2) is 5.16 Å². The van der Waals surface area contributed by atoms with Crippen molar-refractivity contribution in [3.8, 4) is 0 Å². The number of benzene rings is 2. The van der Waals surface area contributed by atoms with Gasteiger partial charge in [0, 0.05) is 18.4 Å². The molecule has 0 spiro atoms. The number of hydrogen-bond donors (Lipinski definition) is 0. The summed E-state index contributed by atoms with van der Waals surface area (Å²) in [5.74, 6) is -0.908. The van der Waals surface area contributed by atoms with Crippen molar-refractivity contribution in [3.63, 3.8) is 0 Å². The van der Waals surface area contributed by atoms with Crippen molar-refractivity contribution in [3.05, 3.63) is 70.0 Å². The second-order valence-corrected chi connectivity index (χ2v) is 6.69. The molecule has 3 nitrogen and oxygen atoms in total. The van der Waals surface area contributed by atoms with Gasteiger partial charge in [-0.3, -0.25) is 9.36 Å². The standard InChI is InChI=1S/C19H18F2N2OS/c1-2-3-10-23-18(24)15-6-4-5-7-17(15)22-19(23)25-12-13-8-9-14(20)11-16(13)21/h4-9,11H,2-3,10,12H2,1H3. The topological polar surface area (TPSA) is 34.9 Å². The first-order valence-electron chi connectivity index (χ1n) is 8.16. The van der Waals surface area contributed by atoms with Gasteiger partial charge in [-0.25, -0.2) is 13.8 Å². The Kier molecular flexibility index (Phi) is 5.48. The molecular weight excluding hydrogens is 342 g/mol. The highest BCUT2D eigenvalue weighted by molar-refractivity contribution is 7.98. The summed E-state index contributed by atoms with van der Waals surface area (Å²) in [6.45, 7) is 2.63. The van der Waals surface area contributed by atoms with Crippen LogP contribution in [0.1, 0.15) is 25.3 Å². The van der Waals surface area contributed by atoms with Crippen LogP contribution in [0.5, 0.6) is 0 Å². The van der Waals surface area contributed by atoms with Gasteiger partial charge >= 0.3 is 0 Å². The molecule has 0 aliphatic rings. The maximum absolute atomic E-state index is 13.8. The van der Waals surface area contributed by atoms with Gasteiger partial charge in [0.2, 0.25) is 0 Å². The molecule has 130 valence electrons. The number of fused-ring (bicyclic) bond motifs is 1. The van der Waals surface area contributed by atoms with Crippen LogP contribution in [0.4, 0.5) is 8.78 Å². The van der Waals surface area contributed by atoms with Gasteiger partial charge in [0.05, 0.1) is 10.9 Å². The number of rotatable bonds is 6. The number of thioether (sulfide) groups is 1. The van der Waals surface area contributed by atoms with Crippen LogP contribution in [-0.4, -0.2) is 9.55 Å². The fraction of sp³-hybridized carbons (Fsp3) is 0.263. The maximum Gasteiger partial charge on any atom is 0.262 e. The Labute approximate surface area is 148 Å². The molecule has 0 unspecified atom stereocenters. The number of para-hydroxylation sites is 1. The van der Waals surface area contributed by atoms with E-state index in [1.165, 1.54) is 23.9 Å².